The average molecular weight is 217 g/mol. The molecule has 1 heterocycles. The Hall–Kier alpha value is -0.330. The quantitative estimate of drug-likeness (QED) is 0.633. The summed E-state index contributed by atoms with van der Waals surface area (Å²) in [6, 6.07) is 0.628. The largest absolute Gasteiger partial charge is 0.291 e. The maximum atomic E-state index is 5.00. The predicted molar refractivity (Wildman–Crippen MR) is 66.7 cm³/mol. The van der Waals surface area contributed by atoms with Gasteiger partial charge < -0.3 is 0 Å². The van der Waals surface area contributed by atoms with Gasteiger partial charge in [-0.2, -0.15) is 0 Å². The molecule has 4 aliphatic carbocycles. The highest BCUT2D eigenvalue weighted by Crippen LogP contribution is 2.61. The lowest BCUT2D eigenvalue weighted by molar-refractivity contribution is -0.0130. The lowest BCUT2D eigenvalue weighted by atomic mass is 9.48. The van der Waals surface area contributed by atoms with E-state index < -0.39 is 0 Å². The summed E-state index contributed by atoms with van der Waals surface area (Å²) in [6.45, 7) is 2.30. The van der Waals surface area contributed by atoms with Crippen molar-refractivity contribution in [3.8, 4) is 0 Å². The van der Waals surface area contributed by atoms with Crippen LogP contribution in [0.3, 0.4) is 0 Å². The molecule has 4 bridgehead atoms. The summed E-state index contributed by atoms with van der Waals surface area (Å²) in [6.07, 6.45) is 11.8. The van der Waals surface area contributed by atoms with Crippen molar-refractivity contribution >= 4 is 5.71 Å². The van der Waals surface area contributed by atoms with E-state index in [9.17, 15) is 0 Å². The van der Waals surface area contributed by atoms with Crippen molar-refractivity contribution in [1.82, 2.24) is 0 Å². The van der Waals surface area contributed by atoms with Crippen molar-refractivity contribution in [3.63, 3.8) is 0 Å². The van der Waals surface area contributed by atoms with Crippen LogP contribution in [0.5, 0.6) is 0 Å². The minimum atomic E-state index is 0.611. The highest BCUT2D eigenvalue weighted by molar-refractivity contribution is 5.92. The fourth-order valence-electron chi connectivity index (χ4n) is 5.61. The van der Waals surface area contributed by atoms with Gasteiger partial charge in [-0.05, 0) is 76.0 Å². The van der Waals surface area contributed by atoms with Crippen LogP contribution in [0.15, 0.2) is 4.99 Å². The lowest BCUT2D eigenvalue weighted by Crippen LogP contribution is -2.49. The van der Waals surface area contributed by atoms with Gasteiger partial charge in [0.25, 0.3) is 0 Å². The van der Waals surface area contributed by atoms with E-state index >= 15 is 0 Å². The summed E-state index contributed by atoms with van der Waals surface area (Å²) in [5.74, 6) is 3.22. The topological polar surface area (TPSA) is 12.4 Å². The van der Waals surface area contributed by atoms with Gasteiger partial charge in [0.1, 0.15) is 0 Å². The molecule has 4 fully saturated rings. The van der Waals surface area contributed by atoms with Gasteiger partial charge in [0, 0.05) is 17.2 Å². The maximum Gasteiger partial charge on any atom is 0.0474 e. The third-order valence-electron chi connectivity index (χ3n) is 5.83. The first-order valence-electron chi connectivity index (χ1n) is 7.31. The summed E-state index contributed by atoms with van der Waals surface area (Å²) in [5.41, 5.74) is 2.26. The molecule has 0 aromatic heterocycles. The van der Waals surface area contributed by atoms with Crippen molar-refractivity contribution in [2.24, 2.45) is 28.2 Å². The monoisotopic (exact) mass is 217 g/mol. The second-order valence-corrected chi connectivity index (χ2v) is 7.16. The molecule has 0 spiro atoms. The van der Waals surface area contributed by atoms with Gasteiger partial charge in [-0.3, -0.25) is 4.99 Å². The van der Waals surface area contributed by atoms with Crippen LogP contribution in [0.1, 0.15) is 58.3 Å². The molecule has 1 heteroatoms. The fourth-order valence-corrected chi connectivity index (χ4v) is 5.61. The molecule has 0 N–H and O–H groups in total. The number of nitrogens with zero attached hydrogens (tertiary/aromatic N) is 1. The summed E-state index contributed by atoms with van der Waals surface area (Å²) >= 11 is 0. The summed E-state index contributed by atoms with van der Waals surface area (Å²) in [7, 11) is 0. The van der Waals surface area contributed by atoms with Crippen LogP contribution in [0.4, 0.5) is 0 Å². The molecule has 0 aromatic rings. The van der Waals surface area contributed by atoms with Gasteiger partial charge >= 0.3 is 0 Å². The van der Waals surface area contributed by atoms with E-state index in [0.717, 1.165) is 17.8 Å². The zero-order valence-electron chi connectivity index (χ0n) is 10.4. The summed E-state index contributed by atoms with van der Waals surface area (Å²) in [4.78, 5) is 5.00. The van der Waals surface area contributed by atoms with Crippen LogP contribution in [0.25, 0.3) is 0 Å². The van der Waals surface area contributed by atoms with Gasteiger partial charge in [0.05, 0.1) is 0 Å². The van der Waals surface area contributed by atoms with Crippen molar-refractivity contribution < 1.29 is 0 Å². The first-order chi connectivity index (χ1) is 7.73. The van der Waals surface area contributed by atoms with Crippen LogP contribution >= 0.6 is 0 Å². The summed E-state index contributed by atoms with van der Waals surface area (Å²) in [5, 5.41) is 0. The number of rotatable bonds is 1. The Morgan fingerprint density at radius 1 is 1.00 bits per heavy atom. The van der Waals surface area contributed by atoms with Gasteiger partial charge in [-0.1, -0.05) is 0 Å². The van der Waals surface area contributed by atoms with E-state index in [4.69, 9.17) is 4.99 Å². The molecular formula is C15H23N. The Balaban J connectivity index is 1.69. The molecule has 5 aliphatic rings. The van der Waals surface area contributed by atoms with E-state index in [1.807, 2.05) is 0 Å². The fraction of sp³-hybridized carbons (Fsp3) is 0.933. The van der Waals surface area contributed by atoms with Gasteiger partial charge in [0.15, 0.2) is 0 Å². The van der Waals surface area contributed by atoms with Crippen LogP contribution in [-0.2, 0) is 0 Å². The smallest absolute Gasteiger partial charge is 0.0474 e. The number of hydrogen-bond donors (Lipinski definition) is 0. The first-order valence-corrected chi connectivity index (χ1v) is 7.31. The lowest BCUT2D eigenvalue weighted by Gasteiger charge is -2.57. The Bertz CT molecular complexity index is 306. The molecule has 0 amide bonds. The molecule has 88 valence electrons. The first kappa shape index (κ1) is 9.67. The van der Waals surface area contributed by atoms with Gasteiger partial charge in [-0.15, -0.1) is 0 Å². The molecule has 0 saturated heterocycles. The number of aliphatic imine (C=N–C) groups is 1. The third-order valence-corrected chi connectivity index (χ3v) is 5.83. The standard InChI is InChI=1S/C15H23N/c1-10-2-3-14(16-10)15-7-11-4-12(8-15)6-13(5-11)9-15/h10-13H,2-9H2,1H3. The molecular weight excluding hydrogens is 194 g/mol. The van der Waals surface area contributed by atoms with Gasteiger partial charge in [-0.25, -0.2) is 0 Å². The second kappa shape index (κ2) is 3.11. The SMILES string of the molecule is CC1CCC(C23CC4CC(CC(C4)C2)C3)=N1. The summed E-state index contributed by atoms with van der Waals surface area (Å²) < 4.78 is 0. The third kappa shape index (κ3) is 1.26. The van der Waals surface area contributed by atoms with Crippen molar-refractivity contribution in [1.29, 1.82) is 0 Å². The van der Waals surface area contributed by atoms with Crippen LogP contribution < -0.4 is 0 Å². The average Bonchev–Trinajstić information content (AvgIpc) is 2.63. The minimum absolute atomic E-state index is 0.611. The Morgan fingerprint density at radius 2 is 1.56 bits per heavy atom. The molecule has 1 aliphatic heterocycles. The zero-order chi connectivity index (χ0) is 10.8. The van der Waals surface area contributed by atoms with E-state index in [1.54, 1.807) is 25.0 Å². The molecule has 1 unspecified atom stereocenters. The Morgan fingerprint density at radius 3 is 2.00 bits per heavy atom. The Labute approximate surface area is 98.7 Å². The van der Waals surface area contributed by atoms with Crippen molar-refractivity contribution in [2.75, 3.05) is 0 Å². The van der Waals surface area contributed by atoms with Crippen molar-refractivity contribution in [2.45, 2.75) is 64.3 Å². The van der Waals surface area contributed by atoms with E-state index in [0.29, 0.717) is 11.5 Å². The predicted octanol–water partition coefficient (Wildman–Crippen LogP) is 3.83. The normalized spacial score (nSPS) is 54.4. The molecule has 1 atom stereocenters. The molecule has 16 heavy (non-hydrogen) atoms. The molecule has 0 radical (unpaired) electrons. The highest BCUT2D eigenvalue weighted by atomic mass is 14.8. The molecule has 0 aromatic carbocycles. The van der Waals surface area contributed by atoms with Crippen LogP contribution in [0.2, 0.25) is 0 Å². The number of hydrogen-bond acceptors (Lipinski definition) is 1. The molecule has 4 saturated carbocycles. The zero-order valence-corrected chi connectivity index (χ0v) is 10.4. The van der Waals surface area contributed by atoms with E-state index in [-0.39, 0.29) is 0 Å². The van der Waals surface area contributed by atoms with E-state index in [1.165, 1.54) is 32.1 Å². The minimum Gasteiger partial charge on any atom is -0.291 e. The second-order valence-electron chi connectivity index (χ2n) is 7.16. The van der Waals surface area contributed by atoms with Gasteiger partial charge in [0.2, 0.25) is 0 Å². The maximum absolute atomic E-state index is 5.00. The van der Waals surface area contributed by atoms with Crippen LogP contribution in [0, 0.1) is 23.2 Å². The van der Waals surface area contributed by atoms with Crippen molar-refractivity contribution in [3.05, 3.63) is 0 Å². The Kier molecular flexibility index (Phi) is 1.88. The molecule has 1 nitrogen and oxygen atoms in total. The molecule has 5 rings (SSSR count). The van der Waals surface area contributed by atoms with E-state index in [2.05, 4.69) is 6.92 Å². The van der Waals surface area contributed by atoms with Crippen LogP contribution in [-0.4, -0.2) is 11.8 Å². The highest BCUT2D eigenvalue weighted by Gasteiger charge is 2.53.